The van der Waals surface area contributed by atoms with Crippen LogP contribution in [0.1, 0.15) is 32.6 Å². The highest BCUT2D eigenvalue weighted by Gasteiger charge is 2.31. The Morgan fingerprint density at radius 1 is 1.50 bits per heavy atom. The van der Waals surface area contributed by atoms with Crippen molar-refractivity contribution < 1.29 is 4.74 Å². The standard InChI is InChI=1S/C9H16N2O/c1-2-12-9-10-7-5-3-4-6-8(7)11-9/h7-8H,2-6H2,1H3,(H,10,11)/t7-,8-/m1/s1. The van der Waals surface area contributed by atoms with Gasteiger partial charge in [-0.15, -0.1) is 0 Å². The first-order valence-electron chi connectivity index (χ1n) is 4.87. The van der Waals surface area contributed by atoms with Crippen LogP contribution in [0.25, 0.3) is 0 Å². The van der Waals surface area contributed by atoms with Gasteiger partial charge in [0.1, 0.15) is 0 Å². The molecule has 1 aliphatic heterocycles. The van der Waals surface area contributed by atoms with E-state index in [0.717, 1.165) is 6.02 Å². The molecular weight excluding hydrogens is 152 g/mol. The summed E-state index contributed by atoms with van der Waals surface area (Å²) < 4.78 is 5.33. The molecule has 0 aromatic heterocycles. The first-order chi connectivity index (χ1) is 5.90. The molecule has 2 rings (SSSR count). The molecule has 2 aliphatic rings. The van der Waals surface area contributed by atoms with E-state index in [1.54, 1.807) is 0 Å². The molecule has 0 aromatic rings. The number of fused-ring (bicyclic) bond motifs is 1. The molecular formula is C9H16N2O. The Kier molecular flexibility index (Phi) is 2.19. The molecule has 0 radical (unpaired) electrons. The van der Waals surface area contributed by atoms with Crippen molar-refractivity contribution in [2.75, 3.05) is 6.61 Å². The fourth-order valence-corrected chi connectivity index (χ4v) is 2.00. The molecule has 68 valence electrons. The van der Waals surface area contributed by atoms with Crippen molar-refractivity contribution in [3.8, 4) is 0 Å². The van der Waals surface area contributed by atoms with E-state index < -0.39 is 0 Å². The van der Waals surface area contributed by atoms with Gasteiger partial charge in [0, 0.05) is 0 Å². The number of nitrogens with zero attached hydrogens (tertiary/aromatic N) is 1. The van der Waals surface area contributed by atoms with Crippen molar-refractivity contribution in [3.63, 3.8) is 0 Å². The molecule has 0 unspecified atom stereocenters. The highest BCUT2D eigenvalue weighted by Crippen LogP contribution is 2.24. The third kappa shape index (κ3) is 1.40. The zero-order chi connectivity index (χ0) is 8.39. The normalized spacial score (nSPS) is 33.6. The van der Waals surface area contributed by atoms with E-state index in [0.29, 0.717) is 18.7 Å². The summed E-state index contributed by atoms with van der Waals surface area (Å²) in [5.41, 5.74) is 0. The highest BCUT2D eigenvalue weighted by molar-refractivity contribution is 5.76. The van der Waals surface area contributed by atoms with E-state index in [4.69, 9.17) is 4.74 Å². The maximum absolute atomic E-state index is 5.33. The molecule has 12 heavy (non-hydrogen) atoms. The molecule has 2 atom stereocenters. The molecule has 1 saturated carbocycles. The smallest absolute Gasteiger partial charge is 0.285 e. The number of nitrogens with one attached hydrogen (secondary N) is 1. The maximum atomic E-state index is 5.33. The third-order valence-corrected chi connectivity index (χ3v) is 2.60. The van der Waals surface area contributed by atoms with Crippen LogP contribution in [0, 0.1) is 0 Å². The van der Waals surface area contributed by atoms with Crippen LogP contribution in [0.15, 0.2) is 4.99 Å². The van der Waals surface area contributed by atoms with Gasteiger partial charge in [0.05, 0.1) is 18.7 Å². The molecule has 0 saturated heterocycles. The predicted molar refractivity (Wildman–Crippen MR) is 48.2 cm³/mol. The summed E-state index contributed by atoms with van der Waals surface area (Å²) in [5.74, 6) is 0. The lowest BCUT2D eigenvalue weighted by atomic mass is 9.92. The largest absolute Gasteiger partial charge is 0.466 e. The Morgan fingerprint density at radius 3 is 3.08 bits per heavy atom. The van der Waals surface area contributed by atoms with Gasteiger partial charge < -0.3 is 10.1 Å². The van der Waals surface area contributed by atoms with Crippen LogP contribution >= 0.6 is 0 Å². The van der Waals surface area contributed by atoms with Gasteiger partial charge in [-0.3, -0.25) is 0 Å². The molecule has 1 N–H and O–H groups in total. The van der Waals surface area contributed by atoms with Gasteiger partial charge in [0.15, 0.2) is 0 Å². The summed E-state index contributed by atoms with van der Waals surface area (Å²) in [7, 11) is 0. The maximum Gasteiger partial charge on any atom is 0.285 e. The van der Waals surface area contributed by atoms with Gasteiger partial charge >= 0.3 is 0 Å². The van der Waals surface area contributed by atoms with Gasteiger partial charge in [-0.2, -0.15) is 0 Å². The molecule has 1 fully saturated rings. The van der Waals surface area contributed by atoms with Crippen LogP contribution in [0.4, 0.5) is 0 Å². The topological polar surface area (TPSA) is 33.6 Å². The van der Waals surface area contributed by atoms with Crippen LogP contribution in [-0.4, -0.2) is 24.7 Å². The molecule has 0 aromatic carbocycles. The van der Waals surface area contributed by atoms with Crippen LogP contribution in [0.5, 0.6) is 0 Å². The highest BCUT2D eigenvalue weighted by atomic mass is 16.5. The summed E-state index contributed by atoms with van der Waals surface area (Å²) >= 11 is 0. The summed E-state index contributed by atoms with van der Waals surface area (Å²) in [6, 6.07) is 1.84. The molecule has 1 aliphatic carbocycles. The van der Waals surface area contributed by atoms with Gasteiger partial charge in [0.25, 0.3) is 6.02 Å². The van der Waals surface area contributed by atoms with Crippen molar-refractivity contribution in [1.82, 2.24) is 5.32 Å². The zero-order valence-corrected chi connectivity index (χ0v) is 7.55. The predicted octanol–water partition coefficient (Wildman–Crippen LogP) is 1.29. The van der Waals surface area contributed by atoms with E-state index in [1.165, 1.54) is 25.7 Å². The Bertz CT molecular complexity index is 191. The molecule has 1 heterocycles. The number of rotatable bonds is 1. The van der Waals surface area contributed by atoms with E-state index in [-0.39, 0.29) is 0 Å². The lowest BCUT2D eigenvalue weighted by Gasteiger charge is -2.22. The van der Waals surface area contributed by atoms with Crippen LogP contribution in [-0.2, 0) is 4.74 Å². The van der Waals surface area contributed by atoms with Crippen molar-refractivity contribution in [2.24, 2.45) is 4.99 Å². The Hall–Kier alpha value is -0.730. The van der Waals surface area contributed by atoms with E-state index in [1.807, 2.05) is 6.92 Å². The average Bonchev–Trinajstić information content (AvgIpc) is 2.47. The fraction of sp³-hybridized carbons (Fsp3) is 0.889. The Morgan fingerprint density at radius 2 is 2.33 bits per heavy atom. The van der Waals surface area contributed by atoms with Crippen molar-refractivity contribution in [3.05, 3.63) is 0 Å². The minimum Gasteiger partial charge on any atom is -0.466 e. The van der Waals surface area contributed by atoms with Crippen molar-refractivity contribution in [2.45, 2.75) is 44.7 Å². The third-order valence-electron chi connectivity index (χ3n) is 2.60. The van der Waals surface area contributed by atoms with Crippen LogP contribution < -0.4 is 5.32 Å². The quantitative estimate of drug-likeness (QED) is 0.640. The van der Waals surface area contributed by atoms with Crippen LogP contribution in [0.3, 0.4) is 0 Å². The summed E-state index contributed by atoms with van der Waals surface area (Å²) in [6.07, 6.45) is 5.15. The second-order valence-electron chi connectivity index (χ2n) is 3.47. The second-order valence-corrected chi connectivity index (χ2v) is 3.47. The number of ether oxygens (including phenoxy) is 1. The van der Waals surface area contributed by atoms with Crippen molar-refractivity contribution in [1.29, 1.82) is 0 Å². The first-order valence-corrected chi connectivity index (χ1v) is 4.87. The SMILES string of the molecule is CCOC1=N[C@@H]2CCCC[C@H]2N1. The molecule has 3 nitrogen and oxygen atoms in total. The summed E-state index contributed by atoms with van der Waals surface area (Å²) in [5, 5.41) is 3.32. The van der Waals surface area contributed by atoms with E-state index in [9.17, 15) is 0 Å². The number of hydrogen-bond donors (Lipinski definition) is 1. The first kappa shape index (κ1) is 7.90. The molecule has 0 bridgehead atoms. The lowest BCUT2D eigenvalue weighted by Crippen LogP contribution is -2.37. The molecule has 3 heteroatoms. The number of amidine groups is 1. The van der Waals surface area contributed by atoms with Gasteiger partial charge in [0.2, 0.25) is 0 Å². The average molecular weight is 168 g/mol. The Balaban J connectivity index is 1.94. The van der Waals surface area contributed by atoms with Gasteiger partial charge in [-0.05, 0) is 19.8 Å². The van der Waals surface area contributed by atoms with Gasteiger partial charge in [-0.1, -0.05) is 12.8 Å². The van der Waals surface area contributed by atoms with Crippen LogP contribution in [0.2, 0.25) is 0 Å². The molecule has 0 spiro atoms. The molecule has 0 amide bonds. The van der Waals surface area contributed by atoms with Crippen molar-refractivity contribution >= 4 is 6.02 Å². The fourth-order valence-electron chi connectivity index (χ4n) is 2.00. The van der Waals surface area contributed by atoms with E-state index >= 15 is 0 Å². The number of hydrogen-bond acceptors (Lipinski definition) is 3. The monoisotopic (exact) mass is 168 g/mol. The Labute approximate surface area is 73.2 Å². The minimum atomic E-state index is 0.500. The summed E-state index contributed by atoms with van der Waals surface area (Å²) in [4.78, 5) is 4.48. The zero-order valence-electron chi connectivity index (χ0n) is 7.55. The minimum absolute atomic E-state index is 0.500. The number of aliphatic imine (C=N–C) groups is 1. The summed E-state index contributed by atoms with van der Waals surface area (Å²) in [6.45, 7) is 2.71. The second kappa shape index (κ2) is 3.33. The van der Waals surface area contributed by atoms with E-state index in [2.05, 4.69) is 10.3 Å². The lowest BCUT2D eigenvalue weighted by molar-refractivity contribution is 0.309. The van der Waals surface area contributed by atoms with Gasteiger partial charge in [-0.25, -0.2) is 4.99 Å².